The molecule has 0 saturated heterocycles. The second-order valence-electron chi connectivity index (χ2n) is 7.19. The Bertz CT molecular complexity index is 849. The normalized spacial score (nSPS) is 19.8. The molecule has 4 N–H and O–H groups in total. The molecule has 7 nitrogen and oxygen atoms in total. The van der Waals surface area contributed by atoms with Crippen molar-refractivity contribution in [1.29, 1.82) is 0 Å². The SMILES string of the molecule is C=C/C=C(\C=C\NC(=S)NC(=O)C1=CC(O)=CC(OC)C=C1)NC(=O)C1CCCCC1. The van der Waals surface area contributed by atoms with E-state index in [1.165, 1.54) is 31.9 Å². The second kappa shape index (κ2) is 12.7. The van der Waals surface area contributed by atoms with Crippen LogP contribution in [0.5, 0.6) is 0 Å². The zero-order chi connectivity index (χ0) is 22.6. The van der Waals surface area contributed by atoms with E-state index in [4.69, 9.17) is 17.0 Å². The minimum absolute atomic E-state index is 0.00245. The highest BCUT2D eigenvalue weighted by molar-refractivity contribution is 7.80. The Hall–Kier alpha value is -2.97. The molecular formula is C23H29N3O4S. The second-order valence-corrected chi connectivity index (χ2v) is 7.60. The van der Waals surface area contributed by atoms with E-state index in [0.717, 1.165) is 25.7 Å². The van der Waals surface area contributed by atoms with Gasteiger partial charge in [0.05, 0.1) is 6.10 Å². The van der Waals surface area contributed by atoms with Crippen molar-refractivity contribution in [3.8, 4) is 0 Å². The monoisotopic (exact) mass is 443 g/mol. The fraction of sp³-hybridized carbons (Fsp3) is 0.348. The predicted molar refractivity (Wildman–Crippen MR) is 125 cm³/mol. The van der Waals surface area contributed by atoms with Gasteiger partial charge in [-0.15, -0.1) is 0 Å². The maximum Gasteiger partial charge on any atom is 0.257 e. The van der Waals surface area contributed by atoms with E-state index in [2.05, 4.69) is 22.5 Å². The van der Waals surface area contributed by atoms with Crippen molar-refractivity contribution >= 4 is 29.1 Å². The first-order valence-electron chi connectivity index (χ1n) is 10.2. The molecule has 2 rings (SSSR count). The van der Waals surface area contributed by atoms with Crippen LogP contribution in [-0.4, -0.2) is 35.2 Å². The molecule has 0 aliphatic heterocycles. The highest BCUT2D eigenvalue weighted by Gasteiger charge is 2.21. The van der Waals surface area contributed by atoms with E-state index < -0.39 is 12.0 Å². The molecular weight excluding hydrogens is 414 g/mol. The molecule has 8 heteroatoms. The minimum atomic E-state index is -0.480. The molecule has 2 amide bonds. The van der Waals surface area contributed by atoms with E-state index in [0.29, 0.717) is 5.70 Å². The van der Waals surface area contributed by atoms with E-state index in [1.54, 1.807) is 30.4 Å². The van der Waals surface area contributed by atoms with Crippen LogP contribution in [0.4, 0.5) is 0 Å². The van der Waals surface area contributed by atoms with Gasteiger partial charge in [-0.05, 0) is 49.4 Å². The lowest BCUT2D eigenvalue weighted by molar-refractivity contribution is -0.125. The molecule has 1 fully saturated rings. The van der Waals surface area contributed by atoms with Crippen LogP contribution in [-0.2, 0) is 14.3 Å². The largest absolute Gasteiger partial charge is 0.508 e. The number of rotatable bonds is 7. The fourth-order valence-electron chi connectivity index (χ4n) is 3.26. The molecule has 0 aromatic rings. The third-order valence-corrected chi connectivity index (χ3v) is 5.10. The molecule has 0 radical (unpaired) electrons. The first kappa shape index (κ1) is 24.3. The van der Waals surface area contributed by atoms with Crippen LogP contribution in [0.25, 0.3) is 0 Å². The number of nitrogens with one attached hydrogen (secondary N) is 3. The molecule has 0 bridgehead atoms. The molecule has 0 heterocycles. The van der Waals surface area contributed by atoms with Crippen LogP contribution < -0.4 is 16.0 Å². The Morgan fingerprint density at radius 2 is 2.00 bits per heavy atom. The first-order chi connectivity index (χ1) is 14.9. The fourth-order valence-corrected chi connectivity index (χ4v) is 3.42. The molecule has 1 atom stereocenters. The summed E-state index contributed by atoms with van der Waals surface area (Å²) in [5.41, 5.74) is 0.802. The Morgan fingerprint density at radius 1 is 1.26 bits per heavy atom. The summed E-state index contributed by atoms with van der Waals surface area (Å²) in [6.07, 6.45) is 17.2. The maximum absolute atomic E-state index is 12.4. The van der Waals surface area contributed by atoms with Gasteiger partial charge in [-0.3, -0.25) is 14.9 Å². The zero-order valence-electron chi connectivity index (χ0n) is 17.6. The summed E-state index contributed by atoms with van der Waals surface area (Å²) in [7, 11) is 1.50. The summed E-state index contributed by atoms with van der Waals surface area (Å²) in [5, 5.41) is 18.1. The molecule has 1 unspecified atom stereocenters. The lowest BCUT2D eigenvalue weighted by atomic mass is 9.88. The third kappa shape index (κ3) is 8.35. The summed E-state index contributed by atoms with van der Waals surface area (Å²) >= 11 is 5.14. The number of allylic oxidation sites excluding steroid dienone is 4. The molecule has 1 saturated carbocycles. The van der Waals surface area contributed by atoms with Crippen LogP contribution in [0.1, 0.15) is 32.1 Å². The van der Waals surface area contributed by atoms with Gasteiger partial charge in [0.1, 0.15) is 5.76 Å². The number of hydrogen-bond acceptors (Lipinski definition) is 5. The van der Waals surface area contributed by atoms with E-state index >= 15 is 0 Å². The van der Waals surface area contributed by atoms with Gasteiger partial charge in [0.15, 0.2) is 5.11 Å². The van der Waals surface area contributed by atoms with Crippen LogP contribution in [0.2, 0.25) is 0 Å². The maximum atomic E-state index is 12.4. The van der Waals surface area contributed by atoms with Gasteiger partial charge in [-0.1, -0.05) is 44.1 Å². The topological polar surface area (TPSA) is 99.7 Å². The third-order valence-electron chi connectivity index (χ3n) is 4.88. The Morgan fingerprint density at radius 3 is 2.68 bits per heavy atom. The average Bonchev–Trinajstić information content (AvgIpc) is 2.95. The van der Waals surface area contributed by atoms with Crippen molar-refractivity contribution in [3.05, 3.63) is 72.3 Å². The van der Waals surface area contributed by atoms with Crippen molar-refractivity contribution in [2.45, 2.75) is 38.2 Å². The Kier molecular flexibility index (Phi) is 9.93. The van der Waals surface area contributed by atoms with Crippen LogP contribution in [0.15, 0.2) is 72.3 Å². The number of amides is 2. The summed E-state index contributed by atoms with van der Waals surface area (Å²) in [5.74, 6) is -0.518. The number of ether oxygens (including phenoxy) is 1. The van der Waals surface area contributed by atoms with Gasteiger partial charge in [0, 0.05) is 30.5 Å². The average molecular weight is 444 g/mol. The van der Waals surface area contributed by atoms with Crippen molar-refractivity contribution in [2.75, 3.05) is 7.11 Å². The standard InChI is InChI=1S/C23H29N3O4S/c1-3-7-18(25-21(28)16-8-5-4-6-9-16)12-13-24-23(31)26-22(29)17-10-11-20(30-2)15-19(27)14-17/h3,7,10-16,20,27H,1,4-6,8-9H2,2H3,(H,25,28)(H2,24,26,29,31)/b13-12+,18-7+. The van der Waals surface area contributed by atoms with Crippen LogP contribution >= 0.6 is 12.2 Å². The number of aliphatic hydroxyl groups is 1. The van der Waals surface area contributed by atoms with Gasteiger partial charge in [0.2, 0.25) is 5.91 Å². The molecule has 2 aliphatic rings. The Balaban J connectivity index is 1.88. The van der Waals surface area contributed by atoms with Gasteiger partial charge in [-0.25, -0.2) is 0 Å². The van der Waals surface area contributed by atoms with Crippen LogP contribution in [0, 0.1) is 5.92 Å². The number of hydrogen-bond donors (Lipinski definition) is 4. The lowest BCUT2D eigenvalue weighted by Gasteiger charge is -2.21. The summed E-state index contributed by atoms with van der Waals surface area (Å²) in [4.78, 5) is 24.8. The number of thiocarbonyl (C=S) groups is 1. The highest BCUT2D eigenvalue weighted by atomic mass is 32.1. The van der Waals surface area contributed by atoms with Gasteiger partial charge >= 0.3 is 0 Å². The molecule has 0 aromatic heterocycles. The number of aliphatic hydroxyl groups excluding tert-OH is 1. The van der Waals surface area contributed by atoms with E-state index in [9.17, 15) is 14.7 Å². The molecule has 0 aromatic carbocycles. The quantitative estimate of drug-likeness (QED) is 0.356. The van der Waals surface area contributed by atoms with Crippen molar-refractivity contribution < 1.29 is 19.4 Å². The van der Waals surface area contributed by atoms with Crippen molar-refractivity contribution in [1.82, 2.24) is 16.0 Å². The zero-order valence-corrected chi connectivity index (χ0v) is 18.4. The number of carbonyl (C=O) groups excluding carboxylic acids is 2. The smallest absolute Gasteiger partial charge is 0.257 e. The van der Waals surface area contributed by atoms with Crippen molar-refractivity contribution in [2.24, 2.45) is 5.92 Å². The molecule has 0 spiro atoms. The number of carbonyl (C=O) groups is 2. The lowest BCUT2D eigenvalue weighted by Crippen LogP contribution is -2.37. The van der Waals surface area contributed by atoms with Gasteiger partial charge in [0.25, 0.3) is 5.91 Å². The predicted octanol–water partition coefficient (Wildman–Crippen LogP) is 3.21. The molecule has 2 aliphatic carbocycles. The van der Waals surface area contributed by atoms with Crippen LogP contribution in [0.3, 0.4) is 0 Å². The summed E-state index contributed by atoms with van der Waals surface area (Å²) < 4.78 is 5.13. The van der Waals surface area contributed by atoms with Gasteiger partial charge in [-0.2, -0.15) is 0 Å². The highest BCUT2D eigenvalue weighted by Crippen LogP contribution is 2.23. The Labute approximate surface area is 188 Å². The minimum Gasteiger partial charge on any atom is -0.508 e. The van der Waals surface area contributed by atoms with E-state index in [-0.39, 0.29) is 28.3 Å². The van der Waals surface area contributed by atoms with Gasteiger partial charge < -0.3 is 20.5 Å². The summed E-state index contributed by atoms with van der Waals surface area (Å²) in [6.45, 7) is 3.67. The van der Waals surface area contributed by atoms with Crippen molar-refractivity contribution in [3.63, 3.8) is 0 Å². The molecule has 31 heavy (non-hydrogen) atoms. The van der Waals surface area contributed by atoms with E-state index in [1.807, 2.05) is 0 Å². The number of methoxy groups -OCH3 is 1. The summed E-state index contributed by atoms with van der Waals surface area (Å²) in [6, 6.07) is 0. The first-order valence-corrected chi connectivity index (χ1v) is 10.6. The molecule has 166 valence electrons.